The van der Waals surface area contributed by atoms with Gasteiger partial charge in [0.15, 0.2) is 0 Å². The van der Waals surface area contributed by atoms with Gasteiger partial charge in [-0.25, -0.2) is 0 Å². The summed E-state index contributed by atoms with van der Waals surface area (Å²) in [6.07, 6.45) is -0.0950. The van der Waals surface area contributed by atoms with Gasteiger partial charge in [-0.2, -0.15) is 0 Å². The molecule has 4 rings (SSSR count). The molecule has 2 heterocycles. The highest BCUT2D eigenvalue weighted by Crippen LogP contribution is 2.35. The van der Waals surface area contributed by atoms with Gasteiger partial charge in [0.2, 0.25) is 23.6 Å². The summed E-state index contributed by atoms with van der Waals surface area (Å²) in [4.78, 5) is 56.8. The number of carbonyl (C=O) groups excluding carboxylic acids is 4. The van der Waals surface area contributed by atoms with Crippen molar-refractivity contribution in [3.8, 4) is 0 Å². The molecule has 0 bridgehead atoms. The molecular formula is C34H48N4O4. The van der Waals surface area contributed by atoms with Gasteiger partial charge in [-0.15, -0.1) is 0 Å². The van der Waals surface area contributed by atoms with Gasteiger partial charge in [-0.3, -0.25) is 19.2 Å². The van der Waals surface area contributed by atoms with Crippen molar-refractivity contribution < 1.29 is 19.2 Å². The molecule has 0 radical (unpaired) electrons. The zero-order valence-electron chi connectivity index (χ0n) is 26.6. The van der Waals surface area contributed by atoms with Gasteiger partial charge in [0.05, 0.1) is 22.7 Å². The molecule has 228 valence electrons. The van der Waals surface area contributed by atoms with E-state index in [1.807, 2.05) is 48.5 Å². The SMILES string of the molecule is CC(C)CN1C(=O)CC(=O)N(CC(C)C)c2ccccc21.CC(C)CN1C(=O)CC(=O)N(CC(C)C)c2ccccc21. The third kappa shape index (κ3) is 8.20. The summed E-state index contributed by atoms with van der Waals surface area (Å²) in [5, 5.41) is 0. The van der Waals surface area contributed by atoms with E-state index < -0.39 is 0 Å². The van der Waals surface area contributed by atoms with Crippen LogP contribution in [0.1, 0.15) is 68.2 Å². The van der Waals surface area contributed by atoms with Crippen molar-refractivity contribution in [2.75, 3.05) is 45.8 Å². The van der Waals surface area contributed by atoms with E-state index >= 15 is 0 Å². The number of nitrogens with zero attached hydrogens (tertiary/aromatic N) is 4. The molecule has 0 saturated carbocycles. The third-order valence-electron chi connectivity index (χ3n) is 6.93. The number of benzene rings is 2. The zero-order valence-corrected chi connectivity index (χ0v) is 26.6. The molecule has 2 aliphatic heterocycles. The molecule has 0 aliphatic carbocycles. The van der Waals surface area contributed by atoms with E-state index in [1.165, 1.54) is 0 Å². The lowest BCUT2D eigenvalue weighted by Crippen LogP contribution is -2.36. The second-order valence-electron chi connectivity index (χ2n) is 12.9. The lowest BCUT2D eigenvalue weighted by atomic mass is 10.1. The molecule has 8 nitrogen and oxygen atoms in total. The second-order valence-corrected chi connectivity index (χ2v) is 12.9. The van der Waals surface area contributed by atoms with E-state index in [2.05, 4.69) is 55.4 Å². The Labute approximate surface area is 251 Å². The van der Waals surface area contributed by atoms with Crippen molar-refractivity contribution in [2.45, 2.75) is 68.2 Å². The molecule has 0 N–H and O–H groups in total. The highest BCUT2D eigenvalue weighted by molar-refractivity contribution is 6.16. The Balaban J connectivity index is 0.000000230. The Kier molecular flexibility index (Phi) is 11.3. The third-order valence-corrected chi connectivity index (χ3v) is 6.93. The Hall–Kier alpha value is -3.68. The number of amides is 4. The number of carbonyl (C=O) groups is 4. The van der Waals surface area contributed by atoms with Gasteiger partial charge in [-0.05, 0) is 47.9 Å². The predicted octanol–water partition coefficient (Wildman–Crippen LogP) is 6.14. The first kappa shape index (κ1) is 32.8. The van der Waals surface area contributed by atoms with E-state index in [-0.39, 0.29) is 36.5 Å². The van der Waals surface area contributed by atoms with Crippen LogP contribution in [0.5, 0.6) is 0 Å². The standard InChI is InChI=1S/2C17H24N2O2/c2*1-12(2)10-18-14-7-5-6-8-15(14)19(11-13(3)4)17(21)9-16(18)20/h2*5-8,12-13H,9-11H2,1-4H3. The topological polar surface area (TPSA) is 81.2 Å². The first-order chi connectivity index (χ1) is 19.8. The number of anilines is 4. The van der Waals surface area contributed by atoms with E-state index in [1.54, 1.807) is 19.6 Å². The van der Waals surface area contributed by atoms with Crippen molar-refractivity contribution in [2.24, 2.45) is 23.7 Å². The molecule has 42 heavy (non-hydrogen) atoms. The van der Waals surface area contributed by atoms with E-state index in [0.717, 1.165) is 22.7 Å². The monoisotopic (exact) mass is 576 g/mol. The molecule has 0 saturated heterocycles. The van der Waals surface area contributed by atoms with Crippen LogP contribution in [0.3, 0.4) is 0 Å². The number of hydrogen-bond donors (Lipinski definition) is 0. The maximum atomic E-state index is 12.4. The number of rotatable bonds is 8. The van der Waals surface area contributed by atoms with E-state index in [9.17, 15) is 19.2 Å². The summed E-state index contributed by atoms with van der Waals surface area (Å²) in [5.41, 5.74) is 3.40. The molecule has 0 aromatic heterocycles. The maximum Gasteiger partial charge on any atom is 0.236 e. The first-order valence-electron chi connectivity index (χ1n) is 15.2. The summed E-state index contributed by atoms with van der Waals surface area (Å²) >= 11 is 0. The van der Waals surface area contributed by atoms with Crippen LogP contribution in [0, 0.1) is 23.7 Å². The minimum absolute atomic E-state index is 0.0475. The van der Waals surface area contributed by atoms with Crippen LogP contribution in [-0.4, -0.2) is 49.8 Å². The predicted molar refractivity (Wildman–Crippen MR) is 171 cm³/mol. The van der Waals surface area contributed by atoms with Crippen molar-refractivity contribution in [1.29, 1.82) is 0 Å². The fraction of sp³-hybridized carbons (Fsp3) is 0.529. The highest BCUT2D eigenvalue weighted by atomic mass is 16.2. The fourth-order valence-corrected chi connectivity index (χ4v) is 5.28. The lowest BCUT2D eigenvalue weighted by molar-refractivity contribution is -0.127. The number of para-hydroxylation sites is 4. The number of hydrogen-bond acceptors (Lipinski definition) is 4. The van der Waals surface area contributed by atoms with Crippen molar-refractivity contribution in [1.82, 2.24) is 0 Å². The normalized spacial score (nSPS) is 15.7. The van der Waals surface area contributed by atoms with Crippen LogP contribution >= 0.6 is 0 Å². The summed E-state index contributed by atoms with van der Waals surface area (Å²) in [6, 6.07) is 15.4. The van der Waals surface area contributed by atoms with Crippen LogP contribution in [0.4, 0.5) is 22.7 Å². The molecule has 2 aromatic rings. The van der Waals surface area contributed by atoms with Crippen molar-refractivity contribution in [3.05, 3.63) is 48.5 Å². The fourth-order valence-electron chi connectivity index (χ4n) is 5.28. The Morgan fingerprint density at radius 3 is 0.786 bits per heavy atom. The second kappa shape index (κ2) is 14.5. The first-order valence-corrected chi connectivity index (χ1v) is 15.2. The van der Waals surface area contributed by atoms with Gasteiger partial charge in [0.1, 0.15) is 12.8 Å². The molecule has 8 heteroatoms. The Morgan fingerprint density at radius 2 is 0.619 bits per heavy atom. The summed E-state index contributed by atoms with van der Waals surface area (Å²) in [7, 11) is 0. The molecule has 0 spiro atoms. The Morgan fingerprint density at radius 1 is 0.429 bits per heavy atom. The molecule has 2 aliphatic rings. The quantitative estimate of drug-likeness (QED) is 0.354. The highest BCUT2D eigenvalue weighted by Gasteiger charge is 2.33. The van der Waals surface area contributed by atoms with Crippen LogP contribution < -0.4 is 19.6 Å². The van der Waals surface area contributed by atoms with Gasteiger partial charge >= 0.3 is 0 Å². The van der Waals surface area contributed by atoms with Crippen LogP contribution in [0.15, 0.2) is 48.5 Å². The van der Waals surface area contributed by atoms with Crippen molar-refractivity contribution >= 4 is 46.4 Å². The van der Waals surface area contributed by atoms with E-state index in [0.29, 0.717) is 49.9 Å². The minimum atomic E-state index is -0.104. The minimum Gasteiger partial charge on any atom is -0.310 e. The average Bonchev–Trinajstić information content (AvgIpc) is 3.06. The zero-order chi connectivity index (χ0) is 31.1. The molecule has 0 unspecified atom stereocenters. The molecular weight excluding hydrogens is 528 g/mol. The van der Waals surface area contributed by atoms with Crippen LogP contribution in [0.2, 0.25) is 0 Å². The summed E-state index contributed by atoms with van der Waals surface area (Å²) in [6.45, 7) is 19.2. The molecule has 0 atom stereocenters. The van der Waals surface area contributed by atoms with Gasteiger partial charge in [0, 0.05) is 26.2 Å². The lowest BCUT2D eigenvalue weighted by Gasteiger charge is -2.27. The summed E-state index contributed by atoms with van der Waals surface area (Å²) < 4.78 is 0. The van der Waals surface area contributed by atoms with Gasteiger partial charge < -0.3 is 19.6 Å². The molecule has 4 amide bonds. The van der Waals surface area contributed by atoms with Gasteiger partial charge in [-0.1, -0.05) is 79.7 Å². The largest absolute Gasteiger partial charge is 0.310 e. The van der Waals surface area contributed by atoms with Crippen LogP contribution in [0.25, 0.3) is 0 Å². The van der Waals surface area contributed by atoms with E-state index in [4.69, 9.17) is 0 Å². The average molecular weight is 577 g/mol. The van der Waals surface area contributed by atoms with Gasteiger partial charge in [0.25, 0.3) is 0 Å². The maximum absolute atomic E-state index is 12.4. The Bertz CT molecular complexity index is 1080. The smallest absolute Gasteiger partial charge is 0.236 e. The van der Waals surface area contributed by atoms with Crippen LogP contribution in [-0.2, 0) is 19.2 Å². The molecule has 2 aromatic carbocycles. The summed E-state index contributed by atoms with van der Waals surface area (Å²) in [5.74, 6) is 1.00. The van der Waals surface area contributed by atoms with Crippen molar-refractivity contribution in [3.63, 3.8) is 0 Å². The molecule has 0 fully saturated rings. The number of fused-ring (bicyclic) bond motifs is 2.